The molecule has 0 atom stereocenters. The minimum Gasteiger partial charge on any atom is -0.365 e. The molecule has 2 aromatic rings. The molecular weight excluding hydrogens is 251 g/mol. The number of hydrogen-bond acceptors (Lipinski definition) is 3. The average Bonchev–Trinajstić information content (AvgIpc) is 2.66. The Morgan fingerprint density at radius 3 is 2.47 bits per heavy atom. The Bertz CT molecular complexity index is 462. The van der Waals surface area contributed by atoms with Crippen LogP contribution in [0.15, 0.2) is 24.4 Å². The van der Waals surface area contributed by atoms with Gasteiger partial charge in [-0.05, 0) is 12.1 Å². The topological polar surface area (TPSA) is 24.9 Å². The molecule has 1 aromatic heterocycles. The van der Waals surface area contributed by atoms with Gasteiger partial charge in [-0.1, -0.05) is 40.6 Å². The van der Waals surface area contributed by atoms with E-state index in [1.54, 1.807) is 6.20 Å². The molecule has 0 aliphatic heterocycles. The van der Waals surface area contributed by atoms with Crippen LogP contribution in [0.4, 0.5) is 5.13 Å². The van der Waals surface area contributed by atoms with Gasteiger partial charge in [-0.25, -0.2) is 4.98 Å². The number of benzene rings is 1. The maximum Gasteiger partial charge on any atom is 0.182 e. The SMILES string of the molecule is CNc1ncc(-c2c(Cl)cccc2Cl)s1. The number of nitrogens with one attached hydrogen (secondary N) is 1. The van der Waals surface area contributed by atoms with Crippen molar-refractivity contribution in [1.82, 2.24) is 4.98 Å². The van der Waals surface area contributed by atoms with Crippen molar-refractivity contribution in [2.75, 3.05) is 12.4 Å². The molecular formula is C10H8Cl2N2S. The largest absolute Gasteiger partial charge is 0.365 e. The Kier molecular flexibility index (Phi) is 3.14. The van der Waals surface area contributed by atoms with Gasteiger partial charge in [-0.15, -0.1) is 0 Å². The highest BCUT2D eigenvalue weighted by Crippen LogP contribution is 2.38. The molecule has 2 rings (SSSR count). The molecule has 0 bridgehead atoms. The lowest BCUT2D eigenvalue weighted by molar-refractivity contribution is 1.37. The van der Waals surface area contributed by atoms with E-state index in [1.807, 2.05) is 25.2 Å². The summed E-state index contributed by atoms with van der Waals surface area (Å²) in [6.07, 6.45) is 1.77. The Labute approximate surface area is 102 Å². The zero-order valence-corrected chi connectivity index (χ0v) is 10.2. The fourth-order valence-corrected chi connectivity index (χ4v) is 2.79. The first-order valence-electron chi connectivity index (χ1n) is 4.30. The van der Waals surface area contributed by atoms with Crippen molar-refractivity contribution in [1.29, 1.82) is 0 Å². The molecule has 0 radical (unpaired) electrons. The lowest BCUT2D eigenvalue weighted by atomic mass is 10.2. The standard InChI is InChI=1S/C10H8Cl2N2S/c1-13-10-14-5-8(15-10)9-6(11)3-2-4-7(9)12/h2-5H,1H3,(H,13,14). The molecule has 0 unspecified atom stereocenters. The van der Waals surface area contributed by atoms with Crippen LogP contribution in [0, 0.1) is 0 Å². The van der Waals surface area contributed by atoms with Crippen LogP contribution in [-0.2, 0) is 0 Å². The number of thiazole rings is 1. The van der Waals surface area contributed by atoms with Crippen LogP contribution in [0.2, 0.25) is 10.0 Å². The summed E-state index contributed by atoms with van der Waals surface area (Å²) >= 11 is 13.7. The first-order valence-corrected chi connectivity index (χ1v) is 5.87. The minimum atomic E-state index is 0.647. The van der Waals surface area contributed by atoms with Crippen LogP contribution in [-0.4, -0.2) is 12.0 Å². The van der Waals surface area contributed by atoms with Gasteiger partial charge in [0.1, 0.15) is 0 Å². The number of hydrogen-bond donors (Lipinski definition) is 1. The van der Waals surface area contributed by atoms with E-state index in [2.05, 4.69) is 10.3 Å². The molecule has 1 heterocycles. The van der Waals surface area contributed by atoms with Crippen molar-refractivity contribution >= 4 is 39.7 Å². The third-order valence-corrected chi connectivity index (χ3v) is 3.59. The van der Waals surface area contributed by atoms with Crippen LogP contribution in [0.1, 0.15) is 0 Å². The monoisotopic (exact) mass is 258 g/mol. The molecule has 0 fully saturated rings. The molecule has 78 valence electrons. The van der Waals surface area contributed by atoms with Crippen molar-refractivity contribution in [2.45, 2.75) is 0 Å². The molecule has 1 N–H and O–H groups in total. The van der Waals surface area contributed by atoms with Gasteiger partial charge in [0.25, 0.3) is 0 Å². The summed E-state index contributed by atoms with van der Waals surface area (Å²) in [6.45, 7) is 0. The second-order valence-corrected chi connectivity index (χ2v) is 4.72. The second-order valence-electron chi connectivity index (χ2n) is 2.88. The van der Waals surface area contributed by atoms with Gasteiger partial charge >= 0.3 is 0 Å². The summed E-state index contributed by atoms with van der Waals surface area (Å²) < 4.78 is 0. The van der Waals surface area contributed by atoms with Gasteiger partial charge in [0.05, 0.1) is 14.9 Å². The van der Waals surface area contributed by atoms with E-state index in [-0.39, 0.29) is 0 Å². The quantitative estimate of drug-likeness (QED) is 0.875. The van der Waals surface area contributed by atoms with Crippen LogP contribution in [0.25, 0.3) is 10.4 Å². The lowest BCUT2D eigenvalue weighted by Crippen LogP contribution is -1.83. The average molecular weight is 259 g/mol. The van der Waals surface area contributed by atoms with Crippen molar-refractivity contribution < 1.29 is 0 Å². The lowest BCUT2D eigenvalue weighted by Gasteiger charge is -2.02. The molecule has 0 aliphatic rings. The molecule has 0 saturated heterocycles. The predicted octanol–water partition coefficient (Wildman–Crippen LogP) is 4.16. The molecule has 2 nitrogen and oxygen atoms in total. The number of rotatable bonds is 2. The van der Waals surface area contributed by atoms with Gasteiger partial charge in [-0.3, -0.25) is 0 Å². The number of halogens is 2. The van der Waals surface area contributed by atoms with Crippen LogP contribution < -0.4 is 5.32 Å². The maximum absolute atomic E-state index is 6.09. The Hall–Kier alpha value is -0.770. The fraction of sp³-hybridized carbons (Fsp3) is 0.100. The van der Waals surface area contributed by atoms with E-state index >= 15 is 0 Å². The van der Waals surface area contributed by atoms with Gasteiger partial charge in [-0.2, -0.15) is 0 Å². The first kappa shape index (κ1) is 10.7. The minimum absolute atomic E-state index is 0.647. The highest BCUT2D eigenvalue weighted by atomic mass is 35.5. The van der Waals surface area contributed by atoms with E-state index in [0.29, 0.717) is 10.0 Å². The predicted molar refractivity (Wildman–Crippen MR) is 67.1 cm³/mol. The number of anilines is 1. The number of nitrogens with zero attached hydrogens (tertiary/aromatic N) is 1. The van der Waals surface area contributed by atoms with Gasteiger partial charge in [0.2, 0.25) is 0 Å². The normalized spacial score (nSPS) is 10.3. The van der Waals surface area contributed by atoms with Crippen molar-refractivity contribution in [3.05, 3.63) is 34.4 Å². The summed E-state index contributed by atoms with van der Waals surface area (Å²) in [5.41, 5.74) is 0.847. The Morgan fingerprint density at radius 1 is 1.27 bits per heavy atom. The zero-order chi connectivity index (χ0) is 10.8. The molecule has 0 saturated carbocycles. The smallest absolute Gasteiger partial charge is 0.182 e. The number of aromatic nitrogens is 1. The molecule has 15 heavy (non-hydrogen) atoms. The Balaban J connectivity index is 2.53. The second kappa shape index (κ2) is 4.39. The van der Waals surface area contributed by atoms with Gasteiger partial charge in [0.15, 0.2) is 5.13 Å². The van der Waals surface area contributed by atoms with E-state index < -0.39 is 0 Å². The van der Waals surface area contributed by atoms with Crippen LogP contribution in [0.5, 0.6) is 0 Å². The van der Waals surface area contributed by atoms with Crippen LogP contribution >= 0.6 is 34.5 Å². The van der Waals surface area contributed by atoms with E-state index in [0.717, 1.165) is 15.6 Å². The molecule has 0 aliphatic carbocycles. The fourth-order valence-electron chi connectivity index (χ4n) is 1.24. The van der Waals surface area contributed by atoms with Gasteiger partial charge in [0, 0.05) is 18.8 Å². The summed E-state index contributed by atoms with van der Waals surface area (Å²) in [4.78, 5) is 5.15. The molecule has 5 heteroatoms. The van der Waals surface area contributed by atoms with Crippen molar-refractivity contribution in [3.8, 4) is 10.4 Å². The van der Waals surface area contributed by atoms with E-state index in [4.69, 9.17) is 23.2 Å². The third-order valence-electron chi connectivity index (χ3n) is 1.93. The summed E-state index contributed by atoms with van der Waals surface area (Å²) in [5, 5.41) is 5.12. The Morgan fingerprint density at radius 2 is 1.93 bits per heavy atom. The molecule has 0 spiro atoms. The zero-order valence-electron chi connectivity index (χ0n) is 7.92. The van der Waals surface area contributed by atoms with Gasteiger partial charge < -0.3 is 5.32 Å². The highest BCUT2D eigenvalue weighted by Gasteiger charge is 2.10. The maximum atomic E-state index is 6.09. The molecule has 1 aromatic carbocycles. The third kappa shape index (κ3) is 2.09. The summed E-state index contributed by atoms with van der Waals surface area (Å²) in [7, 11) is 1.83. The van der Waals surface area contributed by atoms with E-state index in [9.17, 15) is 0 Å². The van der Waals surface area contributed by atoms with E-state index in [1.165, 1.54) is 11.3 Å². The first-order chi connectivity index (χ1) is 7.22. The summed E-state index contributed by atoms with van der Waals surface area (Å²) in [6, 6.07) is 5.47. The molecule has 0 amide bonds. The van der Waals surface area contributed by atoms with Crippen molar-refractivity contribution in [3.63, 3.8) is 0 Å². The highest BCUT2D eigenvalue weighted by molar-refractivity contribution is 7.19. The van der Waals surface area contributed by atoms with Crippen LogP contribution in [0.3, 0.4) is 0 Å². The summed E-state index contributed by atoms with van der Waals surface area (Å²) in [5.74, 6) is 0. The van der Waals surface area contributed by atoms with Crippen molar-refractivity contribution in [2.24, 2.45) is 0 Å².